The summed E-state index contributed by atoms with van der Waals surface area (Å²) in [5.74, 6) is 0.904. The molecule has 3 heteroatoms. The van der Waals surface area contributed by atoms with Crippen molar-refractivity contribution < 1.29 is 0 Å². The molecule has 1 atom stereocenters. The zero-order valence-electron chi connectivity index (χ0n) is 12.0. The summed E-state index contributed by atoms with van der Waals surface area (Å²) >= 11 is 2.06. The van der Waals surface area contributed by atoms with E-state index in [1.165, 1.54) is 45.2 Å². The SMILES string of the molecule is CCc1ccc([C@H](C2CCCC2)N2CCNCC2)s1. The Morgan fingerprint density at radius 3 is 2.63 bits per heavy atom. The quantitative estimate of drug-likeness (QED) is 0.907. The fraction of sp³-hybridized carbons (Fsp3) is 0.750. The van der Waals surface area contributed by atoms with E-state index in [4.69, 9.17) is 0 Å². The molecule has 1 aromatic heterocycles. The number of nitrogens with one attached hydrogen (secondary N) is 1. The van der Waals surface area contributed by atoms with E-state index in [1.807, 2.05) is 0 Å². The smallest absolute Gasteiger partial charge is 0.0470 e. The van der Waals surface area contributed by atoms with Gasteiger partial charge in [0, 0.05) is 42.0 Å². The van der Waals surface area contributed by atoms with Crippen LogP contribution in [0.3, 0.4) is 0 Å². The van der Waals surface area contributed by atoms with E-state index in [1.54, 1.807) is 9.75 Å². The highest BCUT2D eigenvalue weighted by atomic mass is 32.1. The van der Waals surface area contributed by atoms with Crippen LogP contribution in [0.5, 0.6) is 0 Å². The number of rotatable bonds is 4. The van der Waals surface area contributed by atoms with E-state index < -0.39 is 0 Å². The minimum absolute atomic E-state index is 0.704. The molecule has 0 bridgehead atoms. The Labute approximate surface area is 121 Å². The first-order chi connectivity index (χ1) is 9.38. The van der Waals surface area contributed by atoms with Crippen LogP contribution in [0.1, 0.15) is 48.4 Å². The fourth-order valence-corrected chi connectivity index (χ4v) is 4.87. The van der Waals surface area contributed by atoms with E-state index in [9.17, 15) is 0 Å². The van der Waals surface area contributed by atoms with E-state index in [0.717, 1.165) is 19.0 Å². The van der Waals surface area contributed by atoms with Crippen molar-refractivity contribution in [1.82, 2.24) is 10.2 Å². The van der Waals surface area contributed by atoms with Crippen molar-refractivity contribution in [3.8, 4) is 0 Å². The van der Waals surface area contributed by atoms with Gasteiger partial charge in [-0.15, -0.1) is 11.3 Å². The molecule has 3 rings (SSSR count). The Hall–Kier alpha value is -0.380. The summed E-state index contributed by atoms with van der Waals surface area (Å²) in [7, 11) is 0. The van der Waals surface area contributed by atoms with Gasteiger partial charge >= 0.3 is 0 Å². The average molecular weight is 278 g/mol. The van der Waals surface area contributed by atoms with Gasteiger partial charge in [-0.05, 0) is 37.3 Å². The van der Waals surface area contributed by atoms with Gasteiger partial charge in [-0.1, -0.05) is 19.8 Å². The lowest BCUT2D eigenvalue weighted by molar-refractivity contribution is 0.128. The molecule has 1 saturated carbocycles. The summed E-state index contributed by atoms with van der Waals surface area (Å²) in [5.41, 5.74) is 0. The predicted octanol–water partition coefficient (Wildman–Crippen LogP) is 3.45. The number of nitrogens with zero attached hydrogens (tertiary/aromatic N) is 1. The summed E-state index contributed by atoms with van der Waals surface area (Å²) in [5, 5.41) is 3.49. The van der Waals surface area contributed by atoms with E-state index in [2.05, 4.69) is 40.6 Å². The second kappa shape index (κ2) is 6.38. The maximum Gasteiger partial charge on any atom is 0.0470 e. The van der Waals surface area contributed by atoms with Crippen molar-refractivity contribution in [2.45, 2.75) is 45.1 Å². The standard InChI is InChI=1S/C16H26N2S/c1-2-14-7-8-15(19-14)16(13-5-3-4-6-13)18-11-9-17-10-12-18/h7-8,13,16-17H,2-6,9-12H2,1H3/t16-/m0/s1. The number of hydrogen-bond acceptors (Lipinski definition) is 3. The predicted molar refractivity (Wildman–Crippen MR) is 82.8 cm³/mol. The molecule has 0 amide bonds. The molecule has 0 radical (unpaired) electrons. The first kappa shape index (κ1) is 13.6. The summed E-state index contributed by atoms with van der Waals surface area (Å²) in [6.45, 7) is 7.04. The molecular formula is C16H26N2S. The van der Waals surface area contributed by atoms with Gasteiger partial charge in [0.05, 0.1) is 0 Å². The third-order valence-electron chi connectivity index (χ3n) is 4.71. The Morgan fingerprint density at radius 1 is 1.26 bits per heavy atom. The van der Waals surface area contributed by atoms with Gasteiger partial charge in [-0.3, -0.25) is 4.90 Å². The maximum absolute atomic E-state index is 3.49. The highest BCUT2D eigenvalue weighted by molar-refractivity contribution is 7.12. The van der Waals surface area contributed by atoms with E-state index in [0.29, 0.717) is 6.04 Å². The zero-order chi connectivity index (χ0) is 13.1. The highest BCUT2D eigenvalue weighted by Crippen LogP contribution is 2.41. The molecule has 2 fully saturated rings. The molecule has 2 heterocycles. The minimum atomic E-state index is 0.704. The van der Waals surface area contributed by atoms with Gasteiger partial charge in [0.1, 0.15) is 0 Å². The molecule has 106 valence electrons. The molecule has 1 N–H and O–H groups in total. The van der Waals surface area contributed by atoms with Crippen LogP contribution in [-0.2, 0) is 6.42 Å². The van der Waals surface area contributed by atoms with Crippen molar-refractivity contribution in [1.29, 1.82) is 0 Å². The van der Waals surface area contributed by atoms with Crippen molar-refractivity contribution in [2.75, 3.05) is 26.2 Å². The van der Waals surface area contributed by atoms with Crippen molar-refractivity contribution in [3.05, 3.63) is 21.9 Å². The first-order valence-corrected chi connectivity index (χ1v) is 8.73. The topological polar surface area (TPSA) is 15.3 Å². The number of aryl methyl sites for hydroxylation is 1. The molecular weight excluding hydrogens is 252 g/mol. The summed E-state index contributed by atoms with van der Waals surface area (Å²) < 4.78 is 0. The van der Waals surface area contributed by atoms with Crippen LogP contribution in [0, 0.1) is 5.92 Å². The fourth-order valence-electron chi connectivity index (χ4n) is 3.69. The van der Waals surface area contributed by atoms with Crippen LogP contribution in [0.2, 0.25) is 0 Å². The zero-order valence-corrected chi connectivity index (χ0v) is 12.8. The molecule has 0 unspecified atom stereocenters. The van der Waals surface area contributed by atoms with Crippen LogP contribution < -0.4 is 5.32 Å². The number of hydrogen-bond donors (Lipinski definition) is 1. The van der Waals surface area contributed by atoms with E-state index >= 15 is 0 Å². The molecule has 1 aliphatic carbocycles. The van der Waals surface area contributed by atoms with Gasteiger partial charge in [0.25, 0.3) is 0 Å². The van der Waals surface area contributed by atoms with Crippen LogP contribution >= 0.6 is 11.3 Å². The first-order valence-electron chi connectivity index (χ1n) is 7.92. The Kier molecular flexibility index (Phi) is 4.57. The van der Waals surface area contributed by atoms with Crippen LogP contribution in [0.15, 0.2) is 12.1 Å². The van der Waals surface area contributed by atoms with Crippen LogP contribution in [-0.4, -0.2) is 31.1 Å². The second-order valence-corrected chi connectivity index (χ2v) is 7.13. The minimum Gasteiger partial charge on any atom is -0.314 e. The van der Waals surface area contributed by atoms with Gasteiger partial charge in [-0.2, -0.15) is 0 Å². The summed E-state index contributed by atoms with van der Waals surface area (Å²) in [6, 6.07) is 5.47. The third kappa shape index (κ3) is 3.04. The second-order valence-electron chi connectivity index (χ2n) is 5.93. The van der Waals surface area contributed by atoms with Gasteiger partial charge < -0.3 is 5.32 Å². The molecule has 1 saturated heterocycles. The maximum atomic E-state index is 3.49. The molecule has 2 aliphatic rings. The average Bonchev–Trinajstić information content (AvgIpc) is 3.12. The number of piperazine rings is 1. The lowest BCUT2D eigenvalue weighted by Gasteiger charge is -2.37. The van der Waals surface area contributed by atoms with Gasteiger partial charge in [0.2, 0.25) is 0 Å². The Morgan fingerprint density at radius 2 is 2.00 bits per heavy atom. The van der Waals surface area contributed by atoms with Gasteiger partial charge in [0.15, 0.2) is 0 Å². The molecule has 0 aromatic carbocycles. The van der Waals surface area contributed by atoms with Crippen LogP contribution in [0.25, 0.3) is 0 Å². The van der Waals surface area contributed by atoms with Gasteiger partial charge in [-0.25, -0.2) is 0 Å². The van der Waals surface area contributed by atoms with E-state index in [-0.39, 0.29) is 0 Å². The van der Waals surface area contributed by atoms with Crippen LogP contribution in [0.4, 0.5) is 0 Å². The summed E-state index contributed by atoms with van der Waals surface area (Å²) in [4.78, 5) is 5.93. The monoisotopic (exact) mass is 278 g/mol. The lowest BCUT2D eigenvalue weighted by Crippen LogP contribution is -2.46. The largest absolute Gasteiger partial charge is 0.314 e. The Bertz CT molecular complexity index is 389. The molecule has 1 aliphatic heterocycles. The highest BCUT2D eigenvalue weighted by Gasteiger charge is 2.32. The molecule has 2 nitrogen and oxygen atoms in total. The van der Waals surface area contributed by atoms with Crippen molar-refractivity contribution >= 4 is 11.3 Å². The molecule has 0 spiro atoms. The van der Waals surface area contributed by atoms with Crippen molar-refractivity contribution in [3.63, 3.8) is 0 Å². The normalized spacial score (nSPS) is 23.8. The molecule has 19 heavy (non-hydrogen) atoms. The Balaban J connectivity index is 1.81. The summed E-state index contributed by atoms with van der Waals surface area (Å²) in [6.07, 6.45) is 6.95. The van der Waals surface area contributed by atoms with Crippen molar-refractivity contribution in [2.24, 2.45) is 5.92 Å². The lowest BCUT2D eigenvalue weighted by atomic mass is 9.94. The molecule has 1 aromatic rings. The third-order valence-corrected chi connectivity index (χ3v) is 6.01. The number of thiophene rings is 1.